The second kappa shape index (κ2) is 6.48. The molecule has 3 aromatic rings. The summed E-state index contributed by atoms with van der Waals surface area (Å²) in [5, 5.41) is 0.734. The first-order valence-corrected chi connectivity index (χ1v) is 8.80. The third-order valence-electron chi connectivity index (χ3n) is 4.91. The van der Waals surface area contributed by atoms with Crippen molar-refractivity contribution in [1.29, 1.82) is 0 Å². The highest BCUT2D eigenvalue weighted by Gasteiger charge is 2.23. The lowest BCUT2D eigenvalue weighted by Gasteiger charge is -2.31. The summed E-state index contributed by atoms with van der Waals surface area (Å²) in [5.74, 6) is 0.00112. The number of halogens is 1. The number of nitrogens with zero attached hydrogens (tertiary/aromatic N) is 1. The van der Waals surface area contributed by atoms with Gasteiger partial charge in [-0.05, 0) is 50.1 Å². The smallest absolute Gasteiger partial charge is 0.342 e. The molecule has 0 atom stereocenters. The summed E-state index contributed by atoms with van der Waals surface area (Å²) in [6, 6.07) is 11.0. The Morgan fingerprint density at radius 3 is 2.96 bits per heavy atom. The Kier molecular flexibility index (Phi) is 4.15. The number of aryl methyl sites for hydroxylation is 1. The van der Waals surface area contributed by atoms with E-state index in [1.807, 2.05) is 24.3 Å². The molecule has 0 fully saturated rings. The van der Waals surface area contributed by atoms with Crippen LogP contribution in [0, 0.1) is 12.7 Å². The van der Waals surface area contributed by atoms with Gasteiger partial charge < -0.3 is 14.1 Å². The average Bonchev–Trinajstić information content (AvgIpc) is 2.97. The minimum atomic E-state index is -0.379. The quantitative estimate of drug-likeness (QED) is 0.645. The molecule has 0 spiro atoms. The molecule has 0 saturated heterocycles. The van der Waals surface area contributed by atoms with E-state index in [0.717, 1.165) is 35.2 Å². The highest BCUT2D eigenvalue weighted by Crippen LogP contribution is 2.32. The van der Waals surface area contributed by atoms with Crippen LogP contribution in [0.25, 0.3) is 11.0 Å². The highest BCUT2D eigenvalue weighted by atomic mass is 19.1. The summed E-state index contributed by atoms with van der Waals surface area (Å²) in [4.78, 5) is 14.4. The summed E-state index contributed by atoms with van der Waals surface area (Å²) in [5.41, 5.74) is 3.87. The molecule has 0 saturated carbocycles. The minimum Gasteiger partial charge on any atom is -0.462 e. The topological polar surface area (TPSA) is 42.7 Å². The maximum atomic E-state index is 14.2. The van der Waals surface area contributed by atoms with Crippen LogP contribution in [-0.2, 0) is 17.7 Å². The van der Waals surface area contributed by atoms with Crippen LogP contribution < -0.4 is 4.90 Å². The highest BCUT2D eigenvalue weighted by molar-refractivity contribution is 6.05. The molecule has 26 heavy (non-hydrogen) atoms. The van der Waals surface area contributed by atoms with Gasteiger partial charge >= 0.3 is 5.97 Å². The van der Waals surface area contributed by atoms with E-state index in [2.05, 4.69) is 4.90 Å². The fourth-order valence-corrected chi connectivity index (χ4v) is 3.62. The number of esters is 1. The molecule has 5 heteroatoms. The largest absolute Gasteiger partial charge is 0.462 e. The molecule has 134 valence electrons. The molecule has 0 aliphatic carbocycles. The molecule has 1 aliphatic rings. The number of hydrogen-bond donors (Lipinski definition) is 0. The summed E-state index contributed by atoms with van der Waals surface area (Å²) < 4.78 is 25.0. The number of ether oxygens (including phenoxy) is 1. The monoisotopic (exact) mass is 353 g/mol. The van der Waals surface area contributed by atoms with Crippen LogP contribution in [0.4, 0.5) is 10.1 Å². The summed E-state index contributed by atoms with van der Waals surface area (Å²) in [6.07, 6.45) is 0.792. The van der Waals surface area contributed by atoms with Crippen molar-refractivity contribution in [2.75, 3.05) is 18.1 Å². The van der Waals surface area contributed by atoms with Crippen molar-refractivity contribution in [2.24, 2.45) is 0 Å². The number of benzene rings is 2. The van der Waals surface area contributed by atoms with Crippen molar-refractivity contribution in [2.45, 2.75) is 26.8 Å². The number of rotatable bonds is 3. The second-order valence-corrected chi connectivity index (χ2v) is 6.48. The fourth-order valence-electron chi connectivity index (χ4n) is 3.62. The molecule has 0 N–H and O–H groups in total. The summed E-state index contributed by atoms with van der Waals surface area (Å²) in [6.45, 7) is 5.17. The van der Waals surface area contributed by atoms with E-state index in [1.54, 1.807) is 19.9 Å². The van der Waals surface area contributed by atoms with E-state index in [9.17, 15) is 9.18 Å². The van der Waals surface area contributed by atoms with Crippen molar-refractivity contribution in [1.82, 2.24) is 0 Å². The van der Waals surface area contributed by atoms with Gasteiger partial charge in [-0.1, -0.05) is 12.1 Å². The van der Waals surface area contributed by atoms with Crippen molar-refractivity contribution in [3.63, 3.8) is 0 Å². The Morgan fingerprint density at radius 2 is 2.15 bits per heavy atom. The first kappa shape index (κ1) is 16.6. The third-order valence-corrected chi connectivity index (χ3v) is 4.91. The van der Waals surface area contributed by atoms with E-state index in [0.29, 0.717) is 30.1 Å². The van der Waals surface area contributed by atoms with E-state index in [1.165, 1.54) is 6.07 Å². The van der Waals surface area contributed by atoms with Crippen molar-refractivity contribution in [3.8, 4) is 0 Å². The molecule has 0 radical (unpaired) electrons. The van der Waals surface area contributed by atoms with Gasteiger partial charge in [0, 0.05) is 29.7 Å². The number of fused-ring (bicyclic) bond motifs is 2. The van der Waals surface area contributed by atoms with Crippen LogP contribution >= 0.6 is 0 Å². The van der Waals surface area contributed by atoms with Crippen molar-refractivity contribution >= 4 is 22.6 Å². The van der Waals surface area contributed by atoms with Crippen LogP contribution in [-0.4, -0.2) is 19.1 Å². The molecule has 2 aromatic carbocycles. The normalized spacial score (nSPS) is 13.7. The summed E-state index contributed by atoms with van der Waals surface area (Å²) in [7, 11) is 0. The Balaban J connectivity index is 1.73. The maximum Gasteiger partial charge on any atom is 0.342 e. The van der Waals surface area contributed by atoms with Gasteiger partial charge in [-0.15, -0.1) is 0 Å². The van der Waals surface area contributed by atoms with Gasteiger partial charge in [0.15, 0.2) is 0 Å². The maximum absolute atomic E-state index is 14.2. The van der Waals surface area contributed by atoms with Gasteiger partial charge in [0.25, 0.3) is 0 Å². The van der Waals surface area contributed by atoms with Crippen LogP contribution in [0.15, 0.2) is 40.8 Å². The number of carbonyl (C=O) groups excluding carboxylic acids is 1. The molecule has 0 unspecified atom stereocenters. The second-order valence-electron chi connectivity index (χ2n) is 6.48. The molecular formula is C21H20FNO3. The van der Waals surface area contributed by atoms with Crippen LogP contribution in [0.5, 0.6) is 0 Å². The zero-order valence-electron chi connectivity index (χ0n) is 14.8. The Hall–Kier alpha value is -2.82. The van der Waals surface area contributed by atoms with Crippen LogP contribution in [0.1, 0.15) is 34.2 Å². The minimum absolute atomic E-state index is 0.167. The average molecular weight is 353 g/mol. The predicted octanol–water partition coefficient (Wildman–Crippen LogP) is 4.62. The van der Waals surface area contributed by atoms with E-state index >= 15 is 0 Å². The SMILES string of the molecule is CCOC(=O)c1c(C)oc2ccc(N3CCc4cccc(F)c4C3)cc12. The van der Waals surface area contributed by atoms with Crippen molar-refractivity contribution < 1.29 is 18.3 Å². The molecule has 1 aliphatic heterocycles. The molecule has 4 nitrogen and oxygen atoms in total. The number of anilines is 1. The van der Waals surface area contributed by atoms with E-state index in [4.69, 9.17) is 9.15 Å². The first-order valence-electron chi connectivity index (χ1n) is 8.80. The molecule has 0 bridgehead atoms. The molecule has 0 amide bonds. The fraction of sp³-hybridized carbons (Fsp3) is 0.286. The Morgan fingerprint density at radius 1 is 1.31 bits per heavy atom. The zero-order chi connectivity index (χ0) is 18.3. The van der Waals surface area contributed by atoms with Crippen LogP contribution in [0.2, 0.25) is 0 Å². The number of furan rings is 1. The molecule has 2 heterocycles. The number of carbonyl (C=O) groups is 1. The first-order chi connectivity index (χ1) is 12.6. The lowest BCUT2D eigenvalue weighted by Crippen LogP contribution is -2.31. The lowest BCUT2D eigenvalue weighted by atomic mass is 9.98. The van der Waals surface area contributed by atoms with E-state index in [-0.39, 0.29) is 11.8 Å². The van der Waals surface area contributed by atoms with E-state index < -0.39 is 0 Å². The Labute approximate surface area is 151 Å². The van der Waals surface area contributed by atoms with Gasteiger partial charge in [-0.2, -0.15) is 0 Å². The molecule has 1 aromatic heterocycles. The number of hydrogen-bond acceptors (Lipinski definition) is 4. The predicted molar refractivity (Wildman–Crippen MR) is 98.1 cm³/mol. The van der Waals surface area contributed by atoms with Gasteiger partial charge in [-0.3, -0.25) is 0 Å². The standard InChI is InChI=1S/C21H20FNO3/c1-3-25-21(24)20-13(2)26-19-8-7-15(11-16(19)20)23-10-9-14-5-4-6-18(22)17(14)12-23/h4-8,11H,3,9-10,12H2,1-2H3. The lowest BCUT2D eigenvalue weighted by molar-refractivity contribution is 0.0526. The van der Waals surface area contributed by atoms with Crippen molar-refractivity contribution in [3.05, 3.63) is 64.7 Å². The molecule has 4 rings (SSSR count). The zero-order valence-corrected chi connectivity index (χ0v) is 14.8. The third kappa shape index (κ3) is 2.73. The summed E-state index contributed by atoms with van der Waals surface area (Å²) >= 11 is 0. The Bertz CT molecular complexity index is 992. The van der Waals surface area contributed by atoms with Crippen LogP contribution in [0.3, 0.4) is 0 Å². The van der Waals surface area contributed by atoms with Gasteiger partial charge in [0.1, 0.15) is 22.7 Å². The molecular weight excluding hydrogens is 333 g/mol. The van der Waals surface area contributed by atoms with Gasteiger partial charge in [0.2, 0.25) is 0 Å². The van der Waals surface area contributed by atoms with Gasteiger partial charge in [-0.25, -0.2) is 9.18 Å². The van der Waals surface area contributed by atoms with Gasteiger partial charge in [0.05, 0.1) is 6.61 Å².